The molecule has 3 aromatic rings. The number of ether oxygens (including phenoxy) is 1. The van der Waals surface area contributed by atoms with Crippen molar-refractivity contribution in [2.45, 2.75) is 18.7 Å². The minimum atomic E-state index is -3.72. The van der Waals surface area contributed by atoms with Gasteiger partial charge in [0, 0.05) is 43.6 Å². The first-order chi connectivity index (χ1) is 16.9. The molecule has 0 radical (unpaired) electrons. The third-order valence-corrected chi connectivity index (χ3v) is 8.07. The van der Waals surface area contributed by atoms with Gasteiger partial charge in [0.2, 0.25) is 10.0 Å². The molecule has 1 saturated heterocycles. The van der Waals surface area contributed by atoms with E-state index in [9.17, 15) is 13.2 Å². The van der Waals surface area contributed by atoms with Crippen LogP contribution in [0.25, 0.3) is 11.1 Å². The van der Waals surface area contributed by atoms with E-state index in [1.54, 1.807) is 38.2 Å². The molecule has 0 spiro atoms. The third kappa shape index (κ3) is 5.53. The molecular formula is C26H30N4O4S. The van der Waals surface area contributed by atoms with Crippen molar-refractivity contribution >= 4 is 27.4 Å². The molecule has 1 aromatic heterocycles. The van der Waals surface area contributed by atoms with Crippen LogP contribution < -0.4 is 10.2 Å². The normalized spacial score (nSPS) is 14.2. The van der Waals surface area contributed by atoms with E-state index in [0.29, 0.717) is 50.9 Å². The monoisotopic (exact) mass is 494 g/mol. The maximum Gasteiger partial charge on any atom is 0.258 e. The highest BCUT2D eigenvalue weighted by atomic mass is 32.2. The summed E-state index contributed by atoms with van der Waals surface area (Å²) in [5, 5.41) is 2.84. The molecule has 1 N–H and O–H groups in total. The van der Waals surface area contributed by atoms with Gasteiger partial charge in [-0.1, -0.05) is 44.2 Å². The fourth-order valence-corrected chi connectivity index (χ4v) is 5.59. The molecule has 0 bridgehead atoms. The van der Waals surface area contributed by atoms with Gasteiger partial charge in [-0.05, 0) is 35.9 Å². The highest BCUT2D eigenvalue weighted by Gasteiger charge is 2.26. The van der Waals surface area contributed by atoms with Gasteiger partial charge in [0.05, 0.1) is 23.7 Å². The van der Waals surface area contributed by atoms with Crippen LogP contribution in [-0.4, -0.2) is 63.0 Å². The van der Waals surface area contributed by atoms with Gasteiger partial charge in [0.1, 0.15) is 5.82 Å². The van der Waals surface area contributed by atoms with Crippen LogP contribution in [-0.2, 0) is 14.8 Å². The SMILES string of the molecule is CCN(CC)S(=O)(=O)c1ccc(N2CCOCC2)c(C(=O)Nc2ccc(-c3ccccc3)cn2)c1. The summed E-state index contributed by atoms with van der Waals surface area (Å²) in [7, 11) is -3.72. The number of hydrogen-bond donors (Lipinski definition) is 1. The number of nitrogens with one attached hydrogen (secondary N) is 1. The number of carbonyl (C=O) groups is 1. The Bertz CT molecular complexity index is 1250. The van der Waals surface area contributed by atoms with Crippen molar-refractivity contribution in [3.05, 3.63) is 72.4 Å². The largest absolute Gasteiger partial charge is 0.378 e. The minimum Gasteiger partial charge on any atom is -0.378 e. The van der Waals surface area contributed by atoms with Gasteiger partial charge in [0.15, 0.2) is 0 Å². The highest BCUT2D eigenvalue weighted by molar-refractivity contribution is 7.89. The lowest BCUT2D eigenvalue weighted by molar-refractivity contribution is 0.102. The number of pyridine rings is 1. The molecular weight excluding hydrogens is 464 g/mol. The number of hydrogen-bond acceptors (Lipinski definition) is 6. The highest BCUT2D eigenvalue weighted by Crippen LogP contribution is 2.28. The molecule has 9 heteroatoms. The molecule has 35 heavy (non-hydrogen) atoms. The Morgan fingerprint density at radius 1 is 1.00 bits per heavy atom. The Morgan fingerprint density at radius 3 is 2.34 bits per heavy atom. The number of sulfonamides is 1. The molecule has 4 rings (SSSR count). The number of aromatic nitrogens is 1. The van der Waals surface area contributed by atoms with Crippen LogP contribution in [0.5, 0.6) is 0 Å². The lowest BCUT2D eigenvalue weighted by Crippen LogP contribution is -2.37. The molecule has 1 aliphatic rings. The molecule has 0 atom stereocenters. The molecule has 1 amide bonds. The summed E-state index contributed by atoms with van der Waals surface area (Å²) >= 11 is 0. The Hall–Kier alpha value is -3.27. The lowest BCUT2D eigenvalue weighted by Gasteiger charge is -2.30. The van der Waals surface area contributed by atoms with Crippen molar-refractivity contribution in [1.29, 1.82) is 0 Å². The van der Waals surface area contributed by atoms with Crippen LogP contribution in [0.2, 0.25) is 0 Å². The zero-order valence-corrected chi connectivity index (χ0v) is 20.8. The molecule has 8 nitrogen and oxygen atoms in total. The van der Waals surface area contributed by atoms with Crippen molar-refractivity contribution in [2.75, 3.05) is 49.6 Å². The summed E-state index contributed by atoms with van der Waals surface area (Å²) in [6, 6.07) is 18.2. The summed E-state index contributed by atoms with van der Waals surface area (Å²) in [5.74, 6) is -0.0253. The van der Waals surface area contributed by atoms with Crippen molar-refractivity contribution in [1.82, 2.24) is 9.29 Å². The Balaban J connectivity index is 1.65. The first-order valence-electron chi connectivity index (χ1n) is 11.7. The standard InChI is InChI=1S/C26H30N4O4S/c1-3-30(4-2)35(32,33)22-11-12-24(29-14-16-34-17-15-29)23(18-22)26(31)28-25-13-10-21(19-27-25)20-8-6-5-7-9-20/h5-13,18-19H,3-4,14-17H2,1-2H3,(H,27,28,31). The van der Waals surface area contributed by atoms with E-state index in [4.69, 9.17) is 4.74 Å². The van der Waals surface area contributed by atoms with E-state index in [0.717, 1.165) is 11.1 Å². The molecule has 1 fully saturated rings. The van der Waals surface area contributed by atoms with Crippen molar-refractivity contribution in [3.63, 3.8) is 0 Å². The molecule has 0 aliphatic carbocycles. The Kier molecular flexibility index (Phi) is 7.80. The van der Waals surface area contributed by atoms with E-state index < -0.39 is 15.9 Å². The second kappa shape index (κ2) is 11.0. The van der Waals surface area contributed by atoms with Crippen LogP contribution in [0.1, 0.15) is 24.2 Å². The fraction of sp³-hybridized carbons (Fsp3) is 0.308. The van der Waals surface area contributed by atoms with Gasteiger partial charge in [-0.15, -0.1) is 0 Å². The van der Waals surface area contributed by atoms with Gasteiger partial charge in [-0.25, -0.2) is 13.4 Å². The third-order valence-electron chi connectivity index (χ3n) is 6.02. The van der Waals surface area contributed by atoms with Gasteiger partial charge in [0.25, 0.3) is 5.91 Å². The maximum atomic E-state index is 13.4. The van der Waals surface area contributed by atoms with E-state index >= 15 is 0 Å². The predicted octanol–water partition coefficient (Wildman–Crippen LogP) is 3.87. The lowest BCUT2D eigenvalue weighted by atomic mass is 10.1. The van der Waals surface area contributed by atoms with Crippen LogP contribution in [0, 0.1) is 0 Å². The summed E-state index contributed by atoms with van der Waals surface area (Å²) in [5.41, 5.74) is 2.92. The maximum absolute atomic E-state index is 13.4. The number of morpholine rings is 1. The first-order valence-corrected chi connectivity index (χ1v) is 13.2. The number of benzene rings is 2. The van der Waals surface area contributed by atoms with Crippen LogP contribution in [0.4, 0.5) is 11.5 Å². The molecule has 0 unspecified atom stereocenters. The fourth-order valence-electron chi connectivity index (χ4n) is 4.10. The van der Waals surface area contributed by atoms with Crippen LogP contribution in [0.3, 0.4) is 0 Å². The number of amides is 1. The zero-order chi connectivity index (χ0) is 24.8. The number of carbonyl (C=O) groups excluding carboxylic acids is 1. The van der Waals surface area contributed by atoms with Gasteiger partial charge >= 0.3 is 0 Å². The molecule has 184 valence electrons. The number of anilines is 2. The van der Waals surface area contributed by atoms with Crippen molar-refractivity contribution in [3.8, 4) is 11.1 Å². The molecule has 1 aliphatic heterocycles. The average Bonchev–Trinajstić information content (AvgIpc) is 2.90. The van der Waals surface area contributed by atoms with Crippen LogP contribution in [0.15, 0.2) is 71.8 Å². The predicted molar refractivity (Wildman–Crippen MR) is 137 cm³/mol. The van der Waals surface area contributed by atoms with Crippen molar-refractivity contribution < 1.29 is 17.9 Å². The van der Waals surface area contributed by atoms with Gasteiger partial charge in [-0.2, -0.15) is 4.31 Å². The quantitative estimate of drug-likeness (QED) is 0.511. The number of rotatable bonds is 8. The smallest absolute Gasteiger partial charge is 0.258 e. The summed E-state index contributed by atoms with van der Waals surface area (Å²) < 4.78 is 33.1. The van der Waals surface area contributed by atoms with E-state index in [1.807, 2.05) is 41.3 Å². The van der Waals surface area contributed by atoms with E-state index in [2.05, 4.69) is 10.3 Å². The summed E-state index contributed by atoms with van der Waals surface area (Å²) in [6.07, 6.45) is 1.70. The second-order valence-corrected chi connectivity index (χ2v) is 10.1. The van der Waals surface area contributed by atoms with Gasteiger partial charge < -0.3 is 15.0 Å². The Morgan fingerprint density at radius 2 is 1.71 bits per heavy atom. The van der Waals surface area contributed by atoms with Crippen LogP contribution >= 0.6 is 0 Å². The summed E-state index contributed by atoms with van der Waals surface area (Å²) in [6.45, 7) is 6.61. The minimum absolute atomic E-state index is 0.0933. The topological polar surface area (TPSA) is 91.8 Å². The van der Waals surface area contributed by atoms with E-state index in [1.165, 1.54) is 10.4 Å². The number of nitrogens with zero attached hydrogens (tertiary/aromatic N) is 3. The molecule has 2 heterocycles. The van der Waals surface area contributed by atoms with Crippen molar-refractivity contribution in [2.24, 2.45) is 0 Å². The summed E-state index contributed by atoms with van der Waals surface area (Å²) in [4.78, 5) is 19.9. The molecule has 2 aromatic carbocycles. The second-order valence-electron chi connectivity index (χ2n) is 8.12. The van der Waals surface area contributed by atoms with E-state index in [-0.39, 0.29) is 10.5 Å². The average molecular weight is 495 g/mol. The van der Waals surface area contributed by atoms with Gasteiger partial charge in [-0.3, -0.25) is 4.79 Å². The first kappa shape index (κ1) is 24.8. The Labute approximate surface area is 206 Å². The zero-order valence-electron chi connectivity index (χ0n) is 20.0. The molecule has 0 saturated carbocycles.